The van der Waals surface area contributed by atoms with Crippen LogP contribution < -0.4 is 0 Å². The number of nitrogens with zero attached hydrogens (tertiary/aromatic N) is 2. The van der Waals surface area contributed by atoms with Gasteiger partial charge in [0, 0.05) is 18.8 Å². The lowest BCUT2D eigenvalue weighted by Gasteiger charge is -1.95. The van der Waals surface area contributed by atoms with Gasteiger partial charge >= 0.3 is 0 Å². The van der Waals surface area contributed by atoms with Crippen LogP contribution in [0.3, 0.4) is 0 Å². The van der Waals surface area contributed by atoms with Gasteiger partial charge in [0.05, 0.1) is 5.69 Å². The summed E-state index contributed by atoms with van der Waals surface area (Å²) in [6, 6.07) is 6.93. The number of phenolic OH excluding ortho intramolecular Hbond substituents is 1. The molecule has 0 aliphatic carbocycles. The number of aromatic hydroxyl groups is 1. The van der Waals surface area contributed by atoms with Crippen LogP contribution in [0.25, 0.3) is 11.3 Å². The molecule has 0 atom stereocenters. The van der Waals surface area contributed by atoms with Crippen molar-refractivity contribution in [1.29, 1.82) is 0 Å². The second-order valence-corrected chi connectivity index (χ2v) is 3.48. The number of imidazole rings is 1. The fraction of sp³-hybridized carbons (Fsp3) is 0.100. The lowest BCUT2D eigenvalue weighted by molar-refractivity contribution is 0.475. The Morgan fingerprint density at radius 2 is 1.93 bits per heavy atom. The van der Waals surface area contributed by atoms with Gasteiger partial charge in [0.2, 0.25) is 0 Å². The maximum Gasteiger partial charge on any atom is 0.165 e. The molecular weight excluding hydrogens is 196 g/mol. The van der Waals surface area contributed by atoms with Crippen LogP contribution in [0.15, 0.2) is 35.6 Å². The van der Waals surface area contributed by atoms with Crippen molar-refractivity contribution in [3.8, 4) is 17.0 Å². The number of thiol groups is 1. The second-order valence-electron chi connectivity index (χ2n) is 3.08. The molecule has 2 rings (SSSR count). The molecular formula is C10H10N2OS. The summed E-state index contributed by atoms with van der Waals surface area (Å²) in [5.41, 5.74) is 1.83. The summed E-state index contributed by atoms with van der Waals surface area (Å²) in [5, 5.41) is 9.80. The lowest BCUT2D eigenvalue weighted by atomic mass is 10.2. The normalized spacial score (nSPS) is 10.4. The van der Waals surface area contributed by atoms with Crippen LogP contribution in [0.1, 0.15) is 0 Å². The Balaban J connectivity index is 2.44. The highest BCUT2D eigenvalue weighted by molar-refractivity contribution is 7.80. The Morgan fingerprint density at radius 1 is 1.29 bits per heavy atom. The third kappa shape index (κ3) is 1.61. The fourth-order valence-corrected chi connectivity index (χ4v) is 1.39. The monoisotopic (exact) mass is 206 g/mol. The topological polar surface area (TPSA) is 38.0 Å². The van der Waals surface area contributed by atoms with E-state index in [-0.39, 0.29) is 5.75 Å². The van der Waals surface area contributed by atoms with Crippen molar-refractivity contribution in [3.63, 3.8) is 0 Å². The molecule has 0 bridgehead atoms. The van der Waals surface area contributed by atoms with Gasteiger partial charge in [-0.2, -0.15) is 0 Å². The summed E-state index contributed by atoms with van der Waals surface area (Å²) in [4.78, 5) is 4.26. The Kier molecular flexibility index (Phi) is 2.21. The zero-order chi connectivity index (χ0) is 10.1. The summed E-state index contributed by atoms with van der Waals surface area (Å²) in [7, 11) is 1.89. The van der Waals surface area contributed by atoms with E-state index < -0.39 is 0 Å². The van der Waals surface area contributed by atoms with Gasteiger partial charge in [-0.1, -0.05) is 0 Å². The number of phenols is 1. The number of aryl methyl sites for hydroxylation is 1. The van der Waals surface area contributed by atoms with Gasteiger partial charge in [-0.15, -0.1) is 12.6 Å². The Morgan fingerprint density at radius 3 is 2.43 bits per heavy atom. The third-order valence-corrected chi connectivity index (χ3v) is 2.43. The molecule has 0 aliphatic heterocycles. The van der Waals surface area contributed by atoms with E-state index in [1.165, 1.54) is 0 Å². The Bertz CT molecular complexity index is 428. The standard InChI is InChI=1S/C10H10N2OS/c1-12-6-9(11-10(12)14)7-2-4-8(13)5-3-7/h2-6,13H,1H3,(H,11,14). The largest absolute Gasteiger partial charge is 0.508 e. The summed E-state index contributed by atoms with van der Waals surface area (Å²) in [6.45, 7) is 0. The van der Waals surface area contributed by atoms with Crippen LogP contribution in [0.2, 0.25) is 0 Å². The molecule has 0 saturated heterocycles. The number of hydrogen-bond acceptors (Lipinski definition) is 3. The average Bonchev–Trinajstić information content (AvgIpc) is 2.48. The van der Waals surface area contributed by atoms with Gasteiger partial charge in [-0.3, -0.25) is 0 Å². The van der Waals surface area contributed by atoms with Crippen molar-refractivity contribution in [3.05, 3.63) is 30.5 Å². The number of rotatable bonds is 1. The van der Waals surface area contributed by atoms with Crippen molar-refractivity contribution >= 4 is 12.6 Å². The van der Waals surface area contributed by atoms with E-state index in [9.17, 15) is 0 Å². The maximum atomic E-state index is 9.12. The molecule has 0 unspecified atom stereocenters. The molecule has 1 N–H and O–H groups in total. The molecule has 0 spiro atoms. The Labute approximate surface area is 87.4 Å². The maximum absolute atomic E-state index is 9.12. The fourth-order valence-electron chi connectivity index (χ4n) is 1.23. The predicted molar refractivity (Wildman–Crippen MR) is 57.6 cm³/mol. The molecule has 3 nitrogen and oxygen atoms in total. The van der Waals surface area contributed by atoms with E-state index in [1.54, 1.807) is 12.1 Å². The van der Waals surface area contributed by atoms with Gasteiger partial charge < -0.3 is 9.67 Å². The highest BCUT2D eigenvalue weighted by atomic mass is 32.1. The van der Waals surface area contributed by atoms with Crippen molar-refractivity contribution in [2.75, 3.05) is 0 Å². The number of benzene rings is 1. The van der Waals surface area contributed by atoms with Crippen LogP contribution in [0.5, 0.6) is 5.75 Å². The van der Waals surface area contributed by atoms with Crippen LogP contribution in [-0.4, -0.2) is 14.7 Å². The van der Waals surface area contributed by atoms with Crippen molar-refractivity contribution in [1.82, 2.24) is 9.55 Å². The lowest BCUT2D eigenvalue weighted by Crippen LogP contribution is -1.83. The predicted octanol–water partition coefficient (Wildman–Crippen LogP) is 2.08. The van der Waals surface area contributed by atoms with Crippen LogP contribution >= 0.6 is 12.6 Å². The summed E-state index contributed by atoms with van der Waals surface area (Å²) in [5.74, 6) is 0.260. The van der Waals surface area contributed by atoms with Gasteiger partial charge in [-0.25, -0.2) is 4.98 Å². The molecule has 4 heteroatoms. The van der Waals surface area contributed by atoms with Gasteiger partial charge in [-0.05, 0) is 24.3 Å². The van der Waals surface area contributed by atoms with E-state index in [2.05, 4.69) is 17.6 Å². The molecule has 0 saturated carbocycles. The molecule has 0 amide bonds. The third-order valence-electron chi connectivity index (χ3n) is 2.01. The van der Waals surface area contributed by atoms with Crippen molar-refractivity contribution in [2.45, 2.75) is 5.16 Å². The quantitative estimate of drug-likeness (QED) is 0.701. The Hall–Kier alpha value is -1.42. The highest BCUT2D eigenvalue weighted by Crippen LogP contribution is 2.21. The minimum Gasteiger partial charge on any atom is -0.508 e. The van der Waals surface area contributed by atoms with Crippen molar-refractivity contribution < 1.29 is 5.11 Å². The van der Waals surface area contributed by atoms with E-state index in [1.807, 2.05) is 29.9 Å². The summed E-state index contributed by atoms with van der Waals surface area (Å²) >= 11 is 4.19. The van der Waals surface area contributed by atoms with Crippen LogP contribution in [0.4, 0.5) is 0 Å². The molecule has 1 aromatic heterocycles. The van der Waals surface area contributed by atoms with Crippen LogP contribution in [-0.2, 0) is 7.05 Å². The van der Waals surface area contributed by atoms with Crippen molar-refractivity contribution in [2.24, 2.45) is 7.05 Å². The molecule has 0 fully saturated rings. The van der Waals surface area contributed by atoms with E-state index in [4.69, 9.17) is 5.11 Å². The minimum absolute atomic E-state index is 0.260. The summed E-state index contributed by atoms with van der Waals surface area (Å²) < 4.78 is 1.84. The van der Waals surface area contributed by atoms with E-state index in [0.717, 1.165) is 11.3 Å². The second kappa shape index (κ2) is 3.38. The SMILES string of the molecule is Cn1cc(-c2ccc(O)cc2)nc1S. The number of hydrogen-bond donors (Lipinski definition) is 2. The van der Waals surface area contributed by atoms with Gasteiger partial charge in [0.25, 0.3) is 0 Å². The zero-order valence-corrected chi connectivity index (χ0v) is 8.57. The van der Waals surface area contributed by atoms with Crippen LogP contribution in [0, 0.1) is 0 Å². The first-order valence-corrected chi connectivity index (χ1v) is 4.63. The summed E-state index contributed by atoms with van der Waals surface area (Å²) in [6.07, 6.45) is 1.90. The first kappa shape index (κ1) is 9.15. The molecule has 1 aromatic carbocycles. The molecule has 14 heavy (non-hydrogen) atoms. The first-order chi connectivity index (χ1) is 6.66. The molecule has 0 aliphatic rings. The molecule has 2 aromatic rings. The van der Waals surface area contributed by atoms with E-state index in [0.29, 0.717) is 5.16 Å². The van der Waals surface area contributed by atoms with Gasteiger partial charge in [0.15, 0.2) is 5.16 Å². The first-order valence-electron chi connectivity index (χ1n) is 4.18. The smallest absolute Gasteiger partial charge is 0.165 e. The average molecular weight is 206 g/mol. The van der Waals surface area contributed by atoms with E-state index >= 15 is 0 Å². The zero-order valence-electron chi connectivity index (χ0n) is 7.68. The molecule has 1 heterocycles. The molecule has 0 radical (unpaired) electrons. The number of aromatic nitrogens is 2. The minimum atomic E-state index is 0.260. The van der Waals surface area contributed by atoms with Gasteiger partial charge in [0.1, 0.15) is 5.75 Å². The molecule has 72 valence electrons. The highest BCUT2D eigenvalue weighted by Gasteiger charge is 2.03.